The SMILES string of the molecule is C=C(F)C(=O)NCc1ccccc1C(=O)NC1CCc2cc(-n3c(-c4cccnc4N)nc4ccc(-n5cccn5)nc43)ccc21. The second-order valence-electron chi connectivity index (χ2n) is 10.9. The minimum absolute atomic E-state index is 0.00519. The lowest BCUT2D eigenvalue weighted by Crippen LogP contribution is -2.29. The van der Waals surface area contributed by atoms with Crippen molar-refractivity contribution in [3.63, 3.8) is 0 Å². The predicted molar refractivity (Wildman–Crippen MR) is 171 cm³/mol. The number of nitrogens with zero attached hydrogens (tertiary/aromatic N) is 6. The van der Waals surface area contributed by atoms with E-state index in [-0.39, 0.29) is 18.5 Å². The Morgan fingerprint density at radius 2 is 1.89 bits per heavy atom. The van der Waals surface area contributed by atoms with Crippen LogP contribution in [-0.2, 0) is 17.8 Å². The van der Waals surface area contributed by atoms with E-state index in [1.165, 1.54) is 0 Å². The summed E-state index contributed by atoms with van der Waals surface area (Å²) >= 11 is 0. The first kappa shape index (κ1) is 28.6. The fraction of sp³-hybridized carbons (Fsp3) is 0.118. The van der Waals surface area contributed by atoms with E-state index in [9.17, 15) is 14.0 Å². The average Bonchev–Trinajstić information content (AvgIpc) is 3.83. The first-order chi connectivity index (χ1) is 22.4. The van der Waals surface area contributed by atoms with Crippen LogP contribution >= 0.6 is 0 Å². The standard InChI is InChI=1S/C34H28FN9O2/c1-20(35)33(45)38-19-22-6-2-3-7-25(22)34(46)41-27-12-9-21-18-23(10-11-24(21)27)44-31(26-8-4-15-37-30(26)36)40-28-13-14-29(42-32(28)44)43-17-5-16-39-43/h2-8,10-11,13-18,27H,1,9,12,19H2,(H2,36,37)(H,38,45)(H,41,46). The maximum atomic E-state index is 13.4. The number of nitrogen functional groups attached to an aromatic ring is 1. The van der Waals surface area contributed by atoms with Gasteiger partial charge in [-0.1, -0.05) is 30.8 Å². The summed E-state index contributed by atoms with van der Waals surface area (Å²) in [5.74, 6) is -0.682. The number of rotatable bonds is 8. The lowest BCUT2D eigenvalue weighted by atomic mass is 10.0. The molecule has 1 aliphatic rings. The summed E-state index contributed by atoms with van der Waals surface area (Å²) < 4.78 is 16.8. The molecule has 1 atom stereocenters. The first-order valence-electron chi connectivity index (χ1n) is 14.6. The average molecular weight is 614 g/mol. The third kappa shape index (κ3) is 5.25. The van der Waals surface area contributed by atoms with E-state index in [0.29, 0.717) is 51.7 Å². The molecule has 0 saturated carbocycles. The zero-order chi connectivity index (χ0) is 31.8. The molecule has 1 aliphatic carbocycles. The molecule has 1 unspecified atom stereocenters. The smallest absolute Gasteiger partial charge is 0.279 e. The van der Waals surface area contributed by atoms with Gasteiger partial charge in [-0.3, -0.25) is 14.2 Å². The maximum Gasteiger partial charge on any atom is 0.279 e. The fourth-order valence-electron chi connectivity index (χ4n) is 5.81. The van der Waals surface area contributed by atoms with Gasteiger partial charge in [0.25, 0.3) is 11.8 Å². The van der Waals surface area contributed by atoms with E-state index in [1.54, 1.807) is 41.3 Å². The molecule has 0 radical (unpaired) electrons. The number of imidazole rings is 1. The lowest BCUT2D eigenvalue weighted by molar-refractivity contribution is -0.119. The molecule has 0 spiro atoms. The number of nitrogens with one attached hydrogen (secondary N) is 2. The molecule has 7 rings (SSSR count). The van der Waals surface area contributed by atoms with Crippen LogP contribution in [0.3, 0.4) is 0 Å². The third-order valence-corrected chi connectivity index (χ3v) is 8.02. The van der Waals surface area contributed by atoms with Gasteiger partial charge < -0.3 is 16.4 Å². The number of amides is 2. The number of aryl methyl sites for hydroxylation is 1. The highest BCUT2D eigenvalue weighted by Gasteiger charge is 2.27. The number of halogens is 1. The van der Waals surface area contributed by atoms with Gasteiger partial charge >= 0.3 is 0 Å². The highest BCUT2D eigenvalue weighted by Crippen LogP contribution is 2.36. The van der Waals surface area contributed by atoms with Gasteiger partial charge in [-0.2, -0.15) is 5.10 Å². The fourth-order valence-corrected chi connectivity index (χ4v) is 5.81. The lowest BCUT2D eigenvalue weighted by Gasteiger charge is -2.17. The summed E-state index contributed by atoms with van der Waals surface area (Å²) in [5, 5.41) is 9.92. The van der Waals surface area contributed by atoms with Crippen LogP contribution in [0.15, 0.2) is 104 Å². The Morgan fingerprint density at radius 1 is 1.02 bits per heavy atom. The molecule has 46 heavy (non-hydrogen) atoms. The summed E-state index contributed by atoms with van der Waals surface area (Å²) in [6.07, 6.45) is 6.61. The van der Waals surface area contributed by atoms with Gasteiger partial charge in [-0.05, 0) is 78.1 Å². The second-order valence-corrected chi connectivity index (χ2v) is 10.9. The van der Waals surface area contributed by atoms with Crippen molar-refractivity contribution < 1.29 is 14.0 Å². The number of hydrogen-bond donors (Lipinski definition) is 3. The largest absolute Gasteiger partial charge is 0.383 e. The Morgan fingerprint density at radius 3 is 2.70 bits per heavy atom. The van der Waals surface area contributed by atoms with Crippen molar-refractivity contribution in [1.82, 2.24) is 39.9 Å². The quantitative estimate of drug-likeness (QED) is 0.210. The summed E-state index contributed by atoms with van der Waals surface area (Å²) in [4.78, 5) is 39.2. The highest BCUT2D eigenvalue weighted by atomic mass is 19.1. The van der Waals surface area contributed by atoms with Crippen LogP contribution in [0.2, 0.25) is 0 Å². The zero-order valence-electron chi connectivity index (χ0n) is 24.5. The number of pyridine rings is 2. The highest BCUT2D eigenvalue weighted by molar-refractivity contribution is 5.96. The van der Waals surface area contributed by atoms with Crippen LogP contribution in [0.25, 0.3) is 34.1 Å². The predicted octanol–water partition coefficient (Wildman–Crippen LogP) is 4.77. The minimum atomic E-state index is -1.09. The molecule has 12 heteroatoms. The number of anilines is 1. The molecule has 0 fully saturated rings. The van der Waals surface area contributed by atoms with Gasteiger partial charge in [0.05, 0.1) is 11.6 Å². The van der Waals surface area contributed by atoms with Crippen molar-refractivity contribution >= 4 is 28.8 Å². The van der Waals surface area contributed by atoms with E-state index in [2.05, 4.69) is 33.4 Å². The molecule has 2 aromatic carbocycles. The van der Waals surface area contributed by atoms with Gasteiger partial charge in [0.1, 0.15) is 11.3 Å². The summed E-state index contributed by atoms with van der Waals surface area (Å²) in [6, 6.07) is 22.1. The van der Waals surface area contributed by atoms with E-state index in [1.807, 2.05) is 53.2 Å². The van der Waals surface area contributed by atoms with Crippen LogP contribution in [0.4, 0.5) is 10.2 Å². The van der Waals surface area contributed by atoms with Gasteiger partial charge in [-0.25, -0.2) is 24.0 Å². The van der Waals surface area contributed by atoms with Gasteiger partial charge in [0, 0.05) is 36.4 Å². The molecular formula is C34H28FN9O2. The molecule has 0 bridgehead atoms. The Hall–Kier alpha value is -6.17. The van der Waals surface area contributed by atoms with Gasteiger partial charge in [0.2, 0.25) is 0 Å². The summed E-state index contributed by atoms with van der Waals surface area (Å²) in [7, 11) is 0. The number of aromatic nitrogens is 6. The summed E-state index contributed by atoms with van der Waals surface area (Å²) in [6.45, 7) is 3.01. The molecule has 0 saturated heterocycles. The topological polar surface area (TPSA) is 146 Å². The molecule has 6 aromatic rings. The monoisotopic (exact) mass is 613 g/mol. The van der Waals surface area contributed by atoms with Crippen molar-refractivity contribution in [3.8, 4) is 22.9 Å². The van der Waals surface area contributed by atoms with Crippen molar-refractivity contribution in [1.29, 1.82) is 0 Å². The first-order valence-corrected chi connectivity index (χ1v) is 14.6. The van der Waals surface area contributed by atoms with Crippen molar-refractivity contribution in [2.24, 2.45) is 0 Å². The number of fused-ring (bicyclic) bond motifs is 2. The Kier molecular flexibility index (Phi) is 7.29. The van der Waals surface area contributed by atoms with E-state index in [4.69, 9.17) is 15.7 Å². The Bertz CT molecular complexity index is 2140. The number of hydrogen-bond acceptors (Lipinski definition) is 7. The zero-order valence-corrected chi connectivity index (χ0v) is 24.5. The van der Waals surface area contributed by atoms with Crippen molar-refractivity contribution in [2.75, 3.05) is 5.73 Å². The Balaban J connectivity index is 1.22. The number of carbonyl (C=O) groups excluding carboxylic acids is 2. The maximum absolute atomic E-state index is 13.4. The van der Waals surface area contributed by atoms with Crippen LogP contribution in [0.5, 0.6) is 0 Å². The van der Waals surface area contributed by atoms with Gasteiger partial charge in [-0.15, -0.1) is 0 Å². The van der Waals surface area contributed by atoms with E-state index in [0.717, 1.165) is 23.2 Å². The molecule has 11 nitrogen and oxygen atoms in total. The number of nitrogens with two attached hydrogens (primary N) is 1. The molecule has 4 N–H and O–H groups in total. The molecule has 228 valence electrons. The van der Waals surface area contributed by atoms with Crippen LogP contribution in [0.1, 0.15) is 39.5 Å². The van der Waals surface area contributed by atoms with Crippen LogP contribution in [-0.4, -0.2) is 41.1 Å². The number of benzene rings is 2. The van der Waals surface area contributed by atoms with E-state index < -0.39 is 11.7 Å². The molecule has 4 aromatic heterocycles. The van der Waals surface area contributed by atoms with Crippen LogP contribution in [0, 0.1) is 0 Å². The molecule has 2 amide bonds. The minimum Gasteiger partial charge on any atom is -0.383 e. The van der Waals surface area contributed by atoms with Crippen molar-refractivity contribution in [2.45, 2.75) is 25.4 Å². The third-order valence-electron chi connectivity index (χ3n) is 8.02. The van der Waals surface area contributed by atoms with E-state index >= 15 is 0 Å². The molecular weight excluding hydrogens is 585 g/mol. The van der Waals surface area contributed by atoms with Crippen LogP contribution < -0.4 is 16.4 Å². The van der Waals surface area contributed by atoms with Gasteiger partial charge in [0.15, 0.2) is 23.1 Å². The Labute approximate surface area is 262 Å². The van der Waals surface area contributed by atoms with Crippen molar-refractivity contribution in [3.05, 3.63) is 126 Å². The number of carbonyl (C=O) groups is 2. The second kappa shape index (κ2) is 11.7. The normalized spacial score (nSPS) is 13.8. The summed E-state index contributed by atoms with van der Waals surface area (Å²) in [5.41, 5.74) is 12.2. The molecule has 4 heterocycles. The molecule has 0 aliphatic heterocycles.